The number of unbranched alkanes of at least 4 members (excludes halogenated alkanes) is 1. The average Bonchev–Trinajstić information content (AvgIpc) is 2.45. The molecule has 0 spiro atoms. The van der Waals surface area contributed by atoms with E-state index >= 15 is 0 Å². The maximum absolute atomic E-state index is 12.0. The molecule has 1 atom stereocenters. The van der Waals surface area contributed by atoms with Crippen LogP contribution >= 0.6 is 24.0 Å². The van der Waals surface area contributed by atoms with Gasteiger partial charge in [0.25, 0.3) is 0 Å². The molecule has 1 unspecified atom stereocenters. The zero-order valence-corrected chi connectivity index (χ0v) is 18.6. The Morgan fingerprint density at radius 3 is 2.35 bits per heavy atom. The van der Waals surface area contributed by atoms with Gasteiger partial charge in [0.05, 0.1) is 0 Å². The molecule has 2 N–H and O–H groups in total. The van der Waals surface area contributed by atoms with Crippen molar-refractivity contribution in [2.75, 3.05) is 38.6 Å². The van der Waals surface area contributed by atoms with Crippen molar-refractivity contribution in [3.05, 3.63) is 0 Å². The molecular formula is C16H36IN3O2S. The van der Waals surface area contributed by atoms with Gasteiger partial charge in [0.15, 0.2) is 5.96 Å². The van der Waals surface area contributed by atoms with Crippen molar-refractivity contribution in [3.8, 4) is 0 Å². The van der Waals surface area contributed by atoms with Gasteiger partial charge in [-0.3, -0.25) is 9.20 Å². The fraction of sp³-hybridized carbons (Fsp3) is 0.938. The molecule has 7 heteroatoms. The summed E-state index contributed by atoms with van der Waals surface area (Å²) in [6, 6.07) is 0. The Balaban J connectivity index is 0. The standard InChI is InChI=1S/C16H35N3O2S.HI/c1-6-8-12-21-13-9-10-18-15(17-7-2)19-11-14-22(20)16(3,4)5;/h6-14H2,1-5H3,(H2,17,18,19);1H. The van der Waals surface area contributed by atoms with Gasteiger partial charge in [0, 0.05) is 54.1 Å². The molecule has 0 bridgehead atoms. The quantitative estimate of drug-likeness (QED) is 0.215. The maximum Gasteiger partial charge on any atom is 0.191 e. The number of hydrogen-bond donors (Lipinski definition) is 2. The van der Waals surface area contributed by atoms with E-state index in [1.165, 1.54) is 6.42 Å². The Bertz CT molecular complexity index is 334. The molecule has 0 rings (SSSR count). The van der Waals surface area contributed by atoms with Crippen LogP contribution in [-0.2, 0) is 15.5 Å². The molecule has 5 nitrogen and oxygen atoms in total. The first-order valence-electron chi connectivity index (χ1n) is 8.40. The molecule has 140 valence electrons. The second kappa shape index (κ2) is 15.6. The highest BCUT2D eigenvalue weighted by atomic mass is 127. The monoisotopic (exact) mass is 461 g/mol. The van der Waals surface area contributed by atoms with Gasteiger partial charge >= 0.3 is 0 Å². The van der Waals surface area contributed by atoms with Crippen LogP contribution < -0.4 is 10.6 Å². The van der Waals surface area contributed by atoms with Crippen molar-refractivity contribution in [1.29, 1.82) is 0 Å². The number of guanidine groups is 1. The minimum atomic E-state index is -0.835. The normalized spacial score (nSPS) is 13.3. The third-order valence-corrected chi connectivity index (χ3v) is 4.91. The lowest BCUT2D eigenvalue weighted by Crippen LogP contribution is -2.40. The lowest BCUT2D eigenvalue weighted by atomic mass is 10.3. The third-order valence-electron chi connectivity index (χ3n) is 2.97. The summed E-state index contributed by atoms with van der Waals surface area (Å²) in [4.78, 5) is 4.51. The number of halogens is 1. The number of ether oxygens (including phenoxy) is 1. The second-order valence-corrected chi connectivity index (χ2v) is 8.49. The van der Waals surface area contributed by atoms with Crippen LogP contribution in [-0.4, -0.2) is 53.5 Å². The van der Waals surface area contributed by atoms with E-state index in [1.54, 1.807) is 0 Å². The molecule has 0 saturated carbocycles. The van der Waals surface area contributed by atoms with Crippen LogP contribution in [0.4, 0.5) is 0 Å². The topological polar surface area (TPSA) is 62.7 Å². The molecule has 0 saturated heterocycles. The van der Waals surface area contributed by atoms with Crippen molar-refractivity contribution in [2.24, 2.45) is 4.99 Å². The predicted octanol–water partition coefficient (Wildman–Crippen LogP) is 2.91. The van der Waals surface area contributed by atoms with E-state index in [0.29, 0.717) is 12.3 Å². The third kappa shape index (κ3) is 15.4. The molecule has 23 heavy (non-hydrogen) atoms. The number of aliphatic imine (C=N–C) groups is 1. The van der Waals surface area contributed by atoms with E-state index < -0.39 is 10.8 Å². The van der Waals surface area contributed by atoms with E-state index in [9.17, 15) is 4.21 Å². The average molecular weight is 461 g/mol. The van der Waals surface area contributed by atoms with Crippen molar-refractivity contribution in [1.82, 2.24) is 10.6 Å². The summed E-state index contributed by atoms with van der Waals surface area (Å²) in [7, 11) is -0.835. The van der Waals surface area contributed by atoms with Crippen LogP contribution in [0.5, 0.6) is 0 Å². The Morgan fingerprint density at radius 2 is 1.78 bits per heavy atom. The van der Waals surface area contributed by atoms with Gasteiger partial charge in [-0.1, -0.05) is 13.3 Å². The number of nitrogens with one attached hydrogen (secondary N) is 2. The van der Waals surface area contributed by atoms with E-state index in [0.717, 1.165) is 45.1 Å². The zero-order valence-electron chi connectivity index (χ0n) is 15.4. The highest BCUT2D eigenvalue weighted by Gasteiger charge is 2.18. The maximum atomic E-state index is 12.0. The highest BCUT2D eigenvalue weighted by Crippen LogP contribution is 2.10. The lowest BCUT2D eigenvalue weighted by Gasteiger charge is -2.18. The SMILES string of the molecule is CCCCOCCCN=C(NCC)NCCS(=O)C(C)(C)C.I. The summed E-state index contributed by atoms with van der Waals surface area (Å²) < 4.78 is 17.3. The first kappa shape index (κ1) is 25.4. The molecule has 0 aromatic carbocycles. The molecule has 0 aliphatic rings. The van der Waals surface area contributed by atoms with E-state index in [-0.39, 0.29) is 28.7 Å². The molecule has 0 fully saturated rings. The van der Waals surface area contributed by atoms with Crippen LogP contribution in [0, 0.1) is 0 Å². The van der Waals surface area contributed by atoms with Crippen molar-refractivity contribution >= 4 is 40.7 Å². The van der Waals surface area contributed by atoms with Gasteiger partial charge in [-0.2, -0.15) is 0 Å². The summed E-state index contributed by atoms with van der Waals surface area (Å²) in [5, 5.41) is 6.45. The Hall–Kier alpha value is 0.110. The van der Waals surface area contributed by atoms with Gasteiger partial charge in [-0.05, 0) is 40.5 Å². The minimum Gasteiger partial charge on any atom is -0.381 e. The number of hydrogen-bond acceptors (Lipinski definition) is 3. The van der Waals surface area contributed by atoms with Crippen molar-refractivity contribution in [2.45, 2.75) is 58.6 Å². The molecule has 0 aromatic rings. The minimum absolute atomic E-state index is 0. The summed E-state index contributed by atoms with van der Waals surface area (Å²) in [5.74, 6) is 1.43. The predicted molar refractivity (Wildman–Crippen MR) is 113 cm³/mol. The Morgan fingerprint density at radius 1 is 1.13 bits per heavy atom. The summed E-state index contributed by atoms with van der Waals surface area (Å²) in [5.41, 5.74) is 0. The first-order chi connectivity index (χ1) is 10.4. The molecule has 0 amide bonds. The largest absolute Gasteiger partial charge is 0.381 e. The first-order valence-corrected chi connectivity index (χ1v) is 9.72. The fourth-order valence-electron chi connectivity index (χ4n) is 1.62. The number of rotatable bonds is 11. The van der Waals surface area contributed by atoms with E-state index in [4.69, 9.17) is 4.74 Å². The highest BCUT2D eigenvalue weighted by molar-refractivity contribution is 14.0. The lowest BCUT2D eigenvalue weighted by molar-refractivity contribution is 0.130. The molecule has 0 radical (unpaired) electrons. The van der Waals surface area contributed by atoms with Crippen LogP contribution in [0.2, 0.25) is 0 Å². The van der Waals surface area contributed by atoms with E-state index in [2.05, 4.69) is 22.5 Å². The summed E-state index contributed by atoms with van der Waals surface area (Å²) >= 11 is 0. The van der Waals surface area contributed by atoms with E-state index in [1.807, 2.05) is 27.7 Å². The molecular weight excluding hydrogens is 425 g/mol. The summed E-state index contributed by atoms with van der Waals surface area (Å²) in [6.45, 7) is 14.0. The van der Waals surface area contributed by atoms with Crippen LogP contribution in [0.15, 0.2) is 4.99 Å². The van der Waals surface area contributed by atoms with Gasteiger partial charge in [0.2, 0.25) is 0 Å². The van der Waals surface area contributed by atoms with Crippen LogP contribution in [0.3, 0.4) is 0 Å². The van der Waals surface area contributed by atoms with Gasteiger partial charge in [-0.15, -0.1) is 24.0 Å². The second-order valence-electron chi connectivity index (χ2n) is 6.17. The van der Waals surface area contributed by atoms with Gasteiger partial charge in [-0.25, -0.2) is 0 Å². The van der Waals surface area contributed by atoms with Gasteiger partial charge in [0.1, 0.15) is 0 Å². The smallest absolute Gasteiger partial charge is 0.191 e. The zero-order chi connectivity index (χ0) is 16.8. The molecule has 0 aliphatic heterocycles. The molecule has 0 heterocycles. The molecule has 0 aromatic heterocycles. The fourth-order valence-corrected chi connectivity index (χ4v) is 2.52. The summed E-state index contributed by atoms with van der Waals surface area (Å²) in [6.07, 6.45) is 3.22. The Kier molecular flexibility index (Phi) is 17.2. The number of nitrogens with zero attached hydrogens (tertiary/aromatic N) is 1. The van der Waals surface area contributed by atoms with Crippen molar-refractivity contribution in [3.63, 3.8) is 0 Å². The Labute approximate surface area is 162 Å². The van der Waals surface area contributed by atoms with Crippen LogP contribution in [0.25, 0.3) is 0 Å². The van der Waals surface area contributed by atoms with Gasteiger partial charge < -0.3 is 15.4 Å². The van der Waals surface area contributed by atoms with Crippen molar-refractivity contribution < 1.29 is 8.95 Å². The molecule has 0 aliphatic carbocycles. The van der Waals surface area contributed by atoms with Crippen LogP contribution in [0.1, 0.15) is 53.9 Å².